The number of unbranched alkanes of at least 4 members (excludes halogenated alkanes) is 1. The maximum Gasteiger partial charge on any atom is 0.338 e. The molecule has 0 radical (unpaired) electrons. The van der Waals surface area contributed by atoms with Gasteiger partial charge in [0.15, 0.2) is 0 Å². The molecule has 0 saturated carbocycles. The summed E-state index contributed by atoms with van der Waals surface area (Å²) in [5.74, 6) is -0.486. The fraction of sp³-hybridized carbons (Fsp3) is 0.300. The summed E-state index contributed by atoms with van der Waals surface area (Å²) in [4.78, 5) is 24.1. The molecule has 1 N–H and O–H groups in total. The van der Waals surface area contributed by atoms with Gasteiger partial charge in [0, 0.05) is 17.1 Å². The summed E-state index contributed by atoms with van der Waals surface area (Å²) in [6, 6.07) is 14.2. The van der Waals surface area contributed by atoms with Gasteiger partial charge in [0.25, 0.3) is 0 Å². The van der Waals surface area contributed by atoms with Crippen molar-refractivity contribution in [2.45, 2.75) is 32.6 Å². The van der Waals surface area contributed by atoms with E-state index >= 15 is 0 Å². The maximum atomic E-state index is 12.1. The summed E-state index contributed by atoms with van der Waals surface area (Å²) in [7, 11) is 0. The molecule has 0 aliphatic heterocycles. The number of benzene rings is 2. The lowest BCUT2D eigenvalue weighted by Gasteiger charge is -2.08. The van der Waals surface area contributed by atoms with Crippen LogP contribution in [0.3, 0.4) is 0 Å². The van der Waals surface area contributed by atoms with E-state index in [1.54, 1.807) is 30.3 Å². The number of esters is 1. The molecule has 0 atom stereocenters. The van der Waals surface area contributed by atoms with Crippen LogP contribution in [0.15, 0.2) is 48.5 Å². The summed E-state index contributed by atoms with van der Waals surface area (Å²) >= 11 is 5.94. The molecule has 4 nitrogen and oxygen atoms in total. The Balaban J connectivity index is 1.88. The summed E-state index contributed by atoms with van der Waals surface area (Å²) < 4.78 is 5.18. The van der Waals surface area contributed by atoms with Crippen LogP contribution in [0.2, 0.25) is 5.02 Å². The zero-order chi connectivity index (χ0) is 18.1. The van der Waals surface area contributed by atoms with Gasteiger partial charge in [0.1, 0.15) is 0 Å². The predicted octanol–water partition coefficient (Wildman–Crippen LogP) is 4.87. The van der Waals surface area contributed by atoms with Gasteiger partial charge >= 0.3 is 5.97 Å². The normalized spacial score (nSPS) is 10.3. The Morgan fingerprint density at radius 1 is 1.12 bits per heavy atom. The third kappa shape index (κ3) is 6.59. The highest BCUT2D eigenvalue weighted by Crippen LogP contribution is 2.15. The number of carbonyl (C=O) groups excluding carboxylic acids is 2. The second-order valence-corrected chi connectivity index (χ2v) is 6.18. The minimum Gasteiger partial charge on any atom is -0.462 e. The van der Waals surface area contributed by atoms with Crippen molar-refractivity contribution in [2.24, 2.45) is 0 Å². The van der Waals surface area contributed by atoms with Crippen molar-refractivity contribution < 1.29 is 14.3 Å². The topological polar surface area (TPSA) is 55.4 Å². The van der Waals surface area contributed by atoms with Crippen molar-refractivity contribution in [3.63, 3.8) is 0 Å². The number of rotatable bonds is 8. The Hall–Kier alpha value is -2.33. The molecule has 0 aromatic heterocycles. The Morgan fingerprint density at radius 3 is 2.68 bits per heavy atom. The molecule has 25 heavy (non-hydrogen) atoms. The van der Waals surface area contributed by atoms with Crippen LogP contribution in [0.25, 0.3) is 0 Å². The van der Waals surface area contributed by atoms with E-state index in [1.165, 1.54) is 0 Å². The number of hydrogen-bond donors (Lipinski definition) is 1. The Morgan fingerprint density at radius 2 is 1.92 bits per heavy atom. The highest BCUT2D eigenvalue weighted by Gasteiger charge is 2.09. The SMILES string of the molecule is CCCCOC(=O)c1cccc(NC(=O)CCc2cccc(Cl)c2)c1. The molecule has 2 aromatic rings. The zero-order valence-electron chi connectivity index (χ0n) is 14.3. The average molecular weight is 360 g/mol. The van der Waals surface area contributed by atoms with Crippen molar-refractivity contribution in [1.82, 2.24) is 0 Å². The molecule has 0 heterocycles. The van der Waals surface area contributed by atoms with Crippen molar-refractivity contribution in [3.05, 3.63) is 64.7 Å². The predicted molar refractivity (Wildman–Crippen MR) is 100 cm³/mol. The number of carbonyl (C=O) groups is 2. The van der Waals surface area contributed by atoms with Crippen LogP contribution in [0, 0.1) is 0 Å². The molecule has 0 bridgehead atoms. The van der Waals surface area contributed by atoms with E-state index in [0.717, 1.165) is 18.4 Å². The Kier molecular flexibility index (Phi) is 7.48. The fourth-order valence-corrected chi connectivity index (χ4v) is 2.50. The quantitative estimate of drug-likeness (QED) is 0.540. The second kappa shape index (κ2) is 9.84. The number of halogens is 1. The van der Waals surface area contributed by atoms with Gasteiger partial charge in [0.05, 0.1) is 12.2 Å². The molecular formula is C20H22ClNO3. The Labute approximate surface area is 153 Å². The first kappa shape index (κ1) is 19.0. The lowest BCUT2D eigenvalue weighted by atomic mass is 10.1. The number of nitrogens with one attached hydrogen (secondary N) is 1. The largest absolute Gasteiger partial charge is 0.462 e. The molecule has 2 aromatic carbocycles. The molecule has 5 heteroatoms. The molecule has 132 valence electrons. The van der Waals surface area contributed by atoms with Crippen LogP contribution in [0.1, 0.15) is 42.1 Å². The Bertz CT molecular complexity index is 730. The van der Waals surface area contributed by atoms with Crippen LogP contribution in [0.5, 0.6) is 0 Å². The van der Waals surface area contributed by atoms with Gasteiger partial charge in [-0.25, -0.2) is 4.79 Å². The van der Waals surface area contributed by atoms with E-state index in [-0.39, 0.29) is 11.9 Å². The molecule has 1 amide bonds. The van der Waals surface area contributed by atoms with E-state index in [9.17, 15) is 9.59 Å². The van der Waals surface area contributed by atoms with Crippen LogP contribution >= 0.6 is 11.6 Å². The third-order valence-corrected chi connectivity index (χ3v) is 3.88. The van der Waals surface area contributed by atoms with Crippen LogP contribution < -0.4 is 5.32 Å². The minimum absolute atomic E-state index is 0.114. The lowest BCUT2D eigenvalue weighted by molar-refractivity contribution is -0.116. The number of aryl methyl sites for hydroxylation is 1. The smallest absolute Gasteiger partial charge is 0.338 e. The summed E-state index contributed by atoms with van der Waals surface area (Å²) in [5, 5.41) is 3.47. The summed E-state index contributed by atoms with van der Waals surface area (Å²) in [6.45, 7) is 2.44. The minimum atomic E-state index is -0.372. The van der Waals surface area contributed by atoms with Gasteiger partial charge in [-0.05, 0) is 48.7 Å². The van der Waals surface area contributed by atoms with Gasteiger partial charge < -0.3 is 10.1 Å². The number of anilines is 1. The van der Waals surface area contributed by atoms with Crippen LogP contribution in [-0.4, -0.2) is 18.5 Å². The van der Waals surface area contributed by atoms with Gasteiger partial charge in [-0.1, -0.05) is 43.1 Å². The first-order chi connectivity index (χ1) is 12.1. The molecule has 0 saturated heterocycles. The first-order valence-corrected chi connectivity index (χ1v) is 8.77. The van der Waals surface area contributed by atoms with E-state index in [0.29, 0.717) is 35.7 Å². The molecular weight excluding hydrogens is 338 g/mol. The highest BCUT2D eigenvalue weighted by atomic mass is 35.5. The van der Waals surface area contributed by atoms with E-state index in [2.05, 4.69) is 5.32 Å². The van der Waals surface area contributed by atoms with Crippen molar-refractivity contribution >= 4 is 29.2 Å². The van der Waals surface area contributed by atoms with Crippen LogP contribution in [-0.2, 0) is 16.0 Å². The van der Waals surface area contributed by atoms with Gasteiger partial charge in [-0.2, -0.15) is 0 Å². The third-order valence-electron chi connectivity index (χ3n) is 3.64. The van der Waals surface area contributed by atoms with Gasteiger partial charge in [-0.3, -0.25) is 4.79 Å². The standard InChI is InChI=1S/C20H22ClNO3/c1-2-3-12-25-20(24)16-7-5-9-18(14-16)22-19(23)11-10-15-6-4-8-17(21)13-15/h4-9,13-14H,2-3,10-12H2,1H3,(H,22,23). The summed E-state index contributed by atoms with van der Waals surface area (Å²) in [5.41, 5.74) is 2.03. The molecule has 0 aliphatic rings. The maximum absolute atomic E-state index is 12.1. The number of ether oxygens (including phenoxy) is 1. The van der Waals surface area contributed by atoms with Crippen molar-refractivity contribution in [2.75, 3.05) is 11.9 Å². The number of amides is 1. The van der Waals surface area contributed by atoms with Gasteiger partial charge in [-0.15, -0.1) is 0 Å². The van der Waals surface area contributed by atoms with E-state index in [1.807, 2.05) is 25.1 Å². The molecule has 0 unspecified atom stereocenters. The summed E-state index contributed by atoms with van der Waals surface area (Å²) in [6.07, 6.45) is 2.75. The van der Waals surface area contributed by atoms with Crippen molar-refractivity contribution in [3.8, 4) is 0 Å². The van der Waals surface area contributed by atoms with Crippen LogP contribution in [0.4, 0.5) is 5.69 Å². The average Bonchev–Trinajstić information content (AvgIpc) is 2.60. The first-order valence-electron chi connectivity index (χ1n) is 8.40. The highest BCUT2D eigenvalue weighted by molar-refractivity contribution is 6.30. The molecule has 0 fully saturated rings. The zero-order valence-corrected chi connectivity index (χ0v) is 15.0. The molecule has 0 aliphatic carbocycles. The van der Waals surface area contributed by atoms with Crippen molar-refractivity contribution in [1.29, 1.82) is 0 Å². The fourth-order valence-electron chi connectivity index (χ4n) is 2.29. The molecule has 0 spiro atoms. The van der Waals surface area contributed by atoms with E-state index < -0.39 is 0 Å². The van der Waals surface area contributed by atoms with Gasteiger partial charge in [0.2, 0.25) is 5.91 Å². The van der Waals surface area contributed by atoms with E-state index in [4.69, 9.17) is 16.3 Å². The lowest BCUT2D eigenvalue weighted by Crippen LogP contribution is -2.13. The second-order valence-electron chi connectivity index (χ2n) is 5.75. The molecule has 2 rings (SSSR count). The monoisotopic (exact) mass is 359 g/mol. The number of hydrogen-bond acceptors (Lipinski definition) is 3.